The molecule has 1 aromatic heterocycles. The predicted molar refractivity (Wildman–Crippen MR) is 159 cm³/mol. The van der Waals surface area contributed by atoms with E-state index in [9.17, 15) is 22.8 Å². The number of rotatable bonds is 7. The molecule has 0 saturated heterocycles. The fourth-order valence-electron chi connectivity index (χ4n) is 5.17. The van der Waals surface area contributed by atoms with Crippen LogP contribution in [-0.4, -0.2) is 12.5 Å². The van der Waals surface area contributed by atoms with Gasteiger partial charge in [-0.1, -0.05) is 88.4 Å². The number of alkyl halides is 3. The van der Waals surface area contributed by atoms with E-state index in [1.807, 2.05) is 45.9 Å². The quantitative estimate of drug-likeness (QED) is 0.211. The molecule has 0 spiro atoms. The molecule has 0 aliphatic heterocycles. The number of para-hydroxylation sites is 1. The molecule has 0 fully saturated rings. The van der Waals surface area contributed by atoms with Crippen molar-refractivity contribution in [2.75, 3.05) is 11.9 Å². The number of hydrogen-bond donors (Lipinski definition) is 1. The Bertz CT molecular complexity index is 1820. The predicted octanol–water partition coefficient (Wildman–Crippen LogP) is 8.90. The summed E-state index contributed by atoms with van der Waals surface area (Å²) in [6.07, 6.45) is -4.94. The van der Waals surface area contributed by atoms with E-state index in [4.69, 9.17) is 9.15 Å². The van der Waals surface area contributed by atoms with Gasteiger partial charge in [0.2, 0.25) is 11.2 Å². The van der Waals surface area contributed by atoms with Crippen molar-refractivity contribution in [1.29, 1.82) is 0 Å². The van der Waals surface area contributed by atoms with Gasteiger partial charge in [0.1, 0.15) is 11.3 Å². The molecule has 0 radical (unpaired) electrons. The molecule has 5 nitrogen and oxygen atoms in total. The third-order valence-electron chi connectivity index (χ3n) is 7.19. The zero-order chi connectivity index (χ0) is 30.2. The van der Waals surface area contributed by atoms with E-state index in [1.54, 1.807) is 36.4 Å². The minimum Gasteiger partial charge on any atom is -0.484 e. The maximum atomic E-state index is 14.3. The number of nitrogens with one attached hydrogen (secondary N) is 1. The van der Waals surface area contributed by atoms with Crippen LogP contribution in [0.15, 0.2) is 88.1 Å². The van der Waals surface area contributed by atoms with Crippen molar-refractivity contribution in [1.82, 2.24) is 0 Å². The fraction of sp³-hybridized carbons (Fsp3) is 0.235. The van der Waals surface area contributed by atoms with Crippen LogP contribution in [0.4, 0.5) is 18.9 Å². The van der Waals surface area contributed by atoms with E-state index in [0.29, 0.717) is 10.8 Å². The summed E-state index contributed by atoms with van der Waals surface area (Å²) in [5, 5.41) is 4.11. The zero-order valence-electron chi connectivity index (χ0n) is 23.6. The number of amides is 1. The van der Waals surface area contributed by atoms with E-state index in [1.165, 1.54) is 24.3 Å². The van der Waals surface area contributed by atoms with Gasteiger partial charge < -0.3 is 14.5 Å². The summed E-state index contributed by atoms with van der Waals surface area (Å²) in [5.41, 5.74) is 1.20. The second kappa shape index (κ2) is 11.4. The van der Waals surface area contributed by atoms with Crippen LogP contribution in [0, 0.1) is 0 Å². The molecule has 5 rings (SSSR count). The fourth-order valence-corrected chi connectivity index (χ4v) is 5.17. The minimum atomic E-state index is -4.94. The van der Waals surface area contributed by atoms with Crippen LogP contribution >= 0.6 is 0 Å². The lowest BCUT2D eigenvalue weighted by Crippen LogP contribution is -2.22. The summed E-state index contributed by atoms with van der Waals surface area (Å²) >= 11 is 0. The van der Waals surface area contributed by atoms with Crippen LogP contribution in [0.2, 0.25) is 0 Å². The highest BCUT2D eigenvalue weighted by molar-refractivity contribution is 5.99. The highest BCUT2D eigenvalue weighted by Gasteiger charge is 2.39. The van der Waals surface area contributed by atoms with Crippen molar-refractivity contribution in [2.45, 2.75) is 45.7 Å². The molecule has 8 heteroatoms. The number of fused-ring (bicyclic) bond motifs is 2. The van der Waals surface area contributed by atoms with E-state index < -0.39 is 28.8 Å². The Hall–Kier alpha value is -4.59. The van der Waals surface area contributed by atoms with Crippen LogP contribution in [0.5, 0.6) is 5.75 Å². The number of carbonyl (C=O) groups is 1. The standard InChI is InChI=1S/C34H30F3NO4/c1-19(2)23-12-8-13-24(20(3)4)31(23)38-29(39)18-41-22-15-16-27-28(17-22)42-33(34(35,36)37)30(32(27)40)26-14-7-10-21-9-5-6-11-25(21)26/h5-17,19-20H,18H2,1-4H3,(H,38,39). The second-order valence-corrected chi connectivity index (χ2v) is 10.8. The minimum absolute atomic E-state index is 0.0322. The van der Waals surface area contributed by atoms with E-state index in [2.05, 4.69) is 5.32 Å². The van der Waals surface area contributed by atoms with Gasteiger partial charge in [-0.2, -0.15) is 13.2 Å². The third kappa shape index (κ3) is 5.62. The summed E-state index contributed by atoms with van der Waals surface area (Å²) < 4.78 is 53.8. The monoisotopic (exact) mass is 573 g/mol. The van der Waals surface area contributed by atoms with Crippen molar-refractivity contribution < 1.29 is 27.1 Å². The number of ether oxygens (including phenoxy) is 1. The molecule has 0 unspecified atom stereocenters. The number of hydrogen-bond acceptors (Lipinski definition) is 4. The first-order valence-corrected chi connectivity index (χ1v) is 13.7. The smallest absolute Gasteiger partial charge is 0.450 e. The maximum absolute atomic E-state index is 14.3. The lowest BCUT2D eigenvalue weighted by atomic mass is 9.92. The Kier molecular flexibility index (Phi) is 7.82. The van der Waals surface area contributed by atoms with Gasteiger partial charge in [-0.3, -0.25) is 9.59 Å². The summed E-state index contributed by atoms with van der Waals surface area (Å²) in [6, 6.07) is 21.6. The van der Waals surface area contributed by atoms with Gasteiger partial charge in [-0.05, 0) is 51.4 Å². The molecule has 0 aliphatic rings. The van der Waals surface area contributed by atoms with Crippen LogP contribution in [0.3, 0.4) is 0 Å². The number of benzene rings is 4. The van der Waals surface area contributed by atoms with Crippen LogP contribution in [0.1, 0.15) is 56.4 Å². The summed E-state index contributed by atoms with van der Waals surface area (Å²) in [7, 11) is 0. The van der Waals surface area contributed by atoms with Crippen LogP contribution in [-0.2, 0) is 11.0 Å². The van der Waals surface area contributed by atoms with E-state index in [0.717, 1.165) is 16.8 Å². The molecule has 216 valence electrons. The van der Waals surface area contributed by atoms with Gasteiger partial charge >= 0.3 is 6.18 Å². The van der Waals surface area contributed by atoms with Crippen molar-refractivity contribution in [3.8, 4) is 16.9 Å². The van der Waals surface area contributed by atoms with Gasteiger partial charge in [0.05, 0.1) is 10.9 Å². The van der Waals surface area contributed by atoms with E-state index in [-0.39, 0.29) is 40.7 Å². The zero-order valence-corrected chi connectivity index (χ0v) is 23.6. The first-order valence-electron chi connectivity index (χ1n) is 13.7. The Morgan fingerprint density at radius 3 is 2.17 bits per heavy atom. The molecular weight excluding hydrogens is 543 g/mol. The first kappa shape index (κ1) is 28.9. The number of halogens is 3. The Morgan fingerprint density at radius 1 is 0.857 bits per heavy atom. The Balaban J connectivity index is 1.48. The molecule has 0 saturated carbocycles. The second-order valence-electron chi connectivity index (χ2n) is 10.8. The molecule has 4 aromatic carbocycles. The van der Waals surface area contributed by atoms with Crippen molar-refractivity contribution in [3.63, 3.8) is 0 Å². The molecule has 0 aliphatic carbocycles. The van der Waals surface area contributed by atoms with Crippen LogP contribution < -0.4 is 15.5 Å². The van der Waals surface area contributed by atoms with Gasteiger partial charge in [0.25, 0.3) is 5.91 Å². The average Bonchev–Trinajstić information content (AvgIpc) is 2.95. The normalized spacial score (nSPS) is 11.9. The number of carbonyl (C=O) groups excluding carboxylic acids is 1. The Morgan fingerprint density at radius 2 is 1.50 bits per heavy atom. The molecular formula is C34H30F3NO4. The molecule has 42 heavy (non-hydrogen) atoms. The number of anilines is 1. The molecule has 1 N–H and O–H groups in total. The lowest BCUT2D eigenvalue weighted by Gasteiger charge is -2.20. The average molecular weight is 574 g/mol. The summed E-state index contributed by atoms with van der Waals surface area (Å²) in [5.74, 6) is -1.38. The van der Waals surface area contributed by atoms with E-state index >= 15 is 0 Å². The Labute approximate surface area is 240 Å². The SMILES string of the molecule is CC(C)c1cccc(C(C)C)c1NC(=O)COc1ccc2c(=O)c(-c3cccc4ccccc34)c(C(F)(F)F)oc2c1. The molecule has 1 amide bonds. The first-order chi connectivity index (χ1) is 20.0. The molecule has 1 heterocycles. The maximum Gasteiger partial charge on any atom is 0.450 e. The van der Waals surface area contributed by atoms with Crippen molar-refractivity contribution >= 4 is 33.3 Å². The van der Waals surface area contributed by atoms with Gasteiger partial charge in [-0.15, -0.1) is 0 Å². The van der Waals surface area contributed by atoms with Gasteiger partial charge in [0.15, 0.2) is 6.61 Å². The lowest BCUT2D eigenvalue weighted by molar-refractivity contribution is -0.152. The molecule has 5 aromatic rings. The third-order valence-corrected chi connectivity index (χ3v) is 7.19. The van der Waals surface area contributed by atoms with Gasteiger partial charge in [0, 0.05) is 11.8 Å². The van der Waals surface area contributed by atoms with Crippen molar-refractivity contribution in [2.24, 2.45) is 0 Å². The summed E-state index contributed by atoms with van der Waals surface area (Å²) in [4.78, 5) is 26.4. The summed E-state index contributed by atoms with van der Waals surface area (Å²) in [6.45, 7) is 7.76. The van der Waals surface area contributed by atoms with Crippen molar-refractivity contribution in [3.05, 3.63) is 106 Å². The van der Waals surface area contributed by atoms with Gasteiger partial charge in [-0.25, -0.2) is 0 Å². The topological polar surface area (TPSA) is 68.5 Å². The highest BCUT2D eigenvalue weighted by Crippen LogP contribution is 2.40. The molecule has 0 bridgehead atoms. The highest BCUT2D eigenvalue weighted by atomic mass is 19.4. The molecule has 0 atom stereocenters. The van der Waals surface area contributed by atoms with Crippen LogP contribution in [0.25, 0.3) is 32.9 Å². The largest absolute Gasteiger partial charge is 0.484 e.